The average molecular weight is 484 g/mol. The quantitative estimate of drug-likeness (QED) is 0.575. The van der Waals surface area contributed by atoms with Crippen LogP contribution in [0.25, 0.3) is 10.9 Å². The van der Waals surface area contributed by atoms with Gasteiger partial charge < -0.3 is 19.5 Å². The number of fused-ring (bicyclic) bond motifs is 1. The lowest BCUT2D eigenvalue weighted by Gasteiger charge is -2.61. The molecule has 178 valence electrons. The van der Waals surface area contributed by atoms with Crippen LogP contribution in [0.1, 0.15) is 18.4 Å². The highest BCUT2D eigenvalue weighted by Crippen LogP contribution is 2.53. The van der Waals surface area contributed by atoms with Crippen LogP contribution in [0.15, 0.2) is 18.3 Å². The van der Waals surface area contributed by atoms with Crippen LogP contribution in [0.2, 0.25) is 0 Å². The monoisotopic (exact) mass is 483 g/mol. The van der Waals surface area contributed by atoms with Crippen LogP contribution < -0.4 is 19.5 Å². The molecule has 0 amide bonds. The number of pyridine rings is 1. The smallest absolute Gasteiger partial charge is 0.415 e. The Morgan fingerprint density at radius 3 is 2.52 bits per heavy atom. The molecule has 1 spiro atoms. The maximum absolute atomic E-state index is 12.7. The molecule has 3 N–H and O–H groups in total. The average Bonchev–Trinajstić information content (AvgIpc) is 2.74. The van der Waals surface area contributed by atoms with Crippen molar-refractivity contribution < 1.29 is 27.8 Å². The SMILES string of the molecule is COc1cc2ncc(C#N)c(N3CC4(CC(N(CC(O)C(F)(F)F)SN)C4)C3)c2cc1OC. The highest BCUT2D eigenvalue weighted by Gasteiger charge is 2.55. The van der Waals surface area contributed by atoms with Gasteiger partial charge in [0.25, 0.3) is 0 Å². The standard InChI is InChI=1S/C21H24F3N5O3S/c1-31-16-3-14-15(4-17(16)32-2)27-8-12(7-25)19(14)28-10-20(11-28)5-13(6-20)29(33-26)9-18(30)21(22,23)24/h3-4,8,13,18,30H,5-6,9-11,26H2,1-2H3. The van der Waals surface area contributed by atoms with Gasteiger partial charge in [-0.1, -0.05) is 0 Å². The molecule has 1 unspecified atom stereocenters. The summed E-state index contributed by atoms with van der Waals surface area (Å²) in [5.41, 5.74) is 1.81. The summed E-state index contributed by atoms with van der Waals surface area (Å²) in [7, 11) is 3.08. The number of nitrogens with zero attached hydrogens (tertiary/aromatic N) is 4. The van der Waals surface area contributed by atoms with E-state index in [0.717, 1.165) is 23.2 Å². The van der Waals surface area contributed by atoms with E-state index in [4.69, 9.17) is 14.6 Å². The number of hydrogen-bond acceptors (Lipinski definition) is 9. The molecule has 33 heavy (non-hydrogen) atoms. The minimum atomic E-state index is -4.68. The third kappa shape index (κ3) is 4.26. The summed E-state index contributed by atoms with van der Waals surface area (Å²) < 4.78 is 50.3. The van der Waals surface area contributed by atoms with Crippen molar-refractivity contribution in [3.05, 3.63) is 23.9 Å². The van der Waals surface area contributed by atoms with Gasteiger partial charge >= 0.3 is 6.18 Å². The number of nitrogens with two attached hydrogens (primary N) is 1. The molecule has 1 aromatic heterocycles. The number of aliphatic hydroxyl groups excluding tert-OH is 1. The first-order valence-corrected chi connectivity index (χ1v) is 11.1. The van der Waals surface area contributed by atoms with Gasteiger partial charge in [-0.05, 0) is 18.9 Å². The lowest BCUT2D eigenvalue weighted by Crippen LogP contribution is -2.66. The summed E-state index contributed by atoms with van der Waals surface area (Å²) in [5.74, 6) is 1.07. The summed E-state index contributed by atoms with van der Waals surface area (Å²) in [6, 6.07) is 5.62. The second-order valence-corrected chi connectivity index (χ2v) is 9.22. The predicted octanol–water partition coefficient (Wildman–Crippen LogP) is 2.84. The minimum Gasteiger partial charge on any atom is -0.493 e. The molecule has 1 saturated carbocycles. The largest absolute Gasteiger partial charge is 0.493 e. The topological polar surface area (TPSA) is 108 Å². The number of rotatable bonds is 7. The molecule has 2 fully saturated rings. The maximum atomic E-state index is 12.7. The van der Waals surface area contributed by atoms with Crippen molar-refractivity contribution in [3.63, 3.8) is 0 Å². The zero-order valence-corrected chi connectivity index (χ0v) is 18.9. The van der Waals surface area contributed by atoms with Crippen molar-refractivity contribution in [3.8, 4) is 17.6 Å². The lowest BCUT2D eigenvalue weighted by atomic mass is 9.60. The van der Waals surface area contributed by atoms with Crippen molar-refractivity contribution in [1.82, 2.24) is 9.29 Å². The molecule has 12 heteroatoms. The van der Waals surface area contributed by atoms with Gasteiger partial charge in [-0.25, -0.2) is 4.31 Å². The molecule has 1 aromatic carbocycles. The van der Waals surface area contributed by atoms with Gasteiger partial charge in [0.2, 0.25) is 0 Å². The number of methoxy groups -OCH3 is 2. The van der Waals surface area contributed by atoms with E-state index >= 15 is 0 Å². The number of hydrogen-bond donors (Lipinski definition) is 2. The number of alkyl halides is 3. The van der Waals surface area contributed by atoms with Gasteiger partial charge in [-0.15, -0.1) is 0 Å². The lowest BCUT2D eigenvalue weighted by molar-refractivity contribution is -0.207. The summed E-state index contributed by atoms with van der Waals surface area (Å²) in [5, 5.41) is 25.4. The Balaban J connectivity index is 1.50. The second kappa shape index (κ2) is 8.72. The van der Waals surface area contributed by atoms with Crippen molar-refractivity contribution in [2.75, 3.05) is 38.8 Å². The van der Waals surface area contributed by atoms with Crippen LogP contribution in [-0.2, 0) is 0 Å². The molecular weight excluding hydrogens is 459 g/mol. The first-order chi connectivity index (χ1) is 15.6. The Hall–Kier alpha value is -2.46. The summed E-state index contributed by atoms with van der Waals surface area (Å²) in [4.78, 5) is 6.47. The number of aromatic nitrogens is 1. The van der Waals surface area contributed by atoms with Crippen LogP contribution in [0.3, 0.4) is 0 Å². The number of halogens is 3. The number of anilines is 1. The van der Waals surface area contributed by atoms with Crippen LogP contribution in [0.5, 0.6) is 11.5 Å². The van der Waals surface area contributed by atoms with Gasteiger partial charge in [-0.2, -0.15) is 18.4 Å². The molecule has 1 aliphatic carbocycles. The van der Waals surface area contributed by atoms with Crippen LogP contribution in [0, 0.1) is 16.7 Å². The van der Waals surface area contributed by atoms with E-state index in [-0.39, 0.29) is 11.5 Å². The van der Waals surface area contributed by atoms with E-state index in [1.165, 1.54) is 24.7 Å². The summed E-state index contributed by atoms with van der Waals surface area (Å²) in [6.45, 7) is 0.761. The predicted molar refractivity (Wildman–Crippen MR) is 118 cm³/mol. The van der Waals surface area contributed by atoms with Gasteiger partial charge in [-0.3, -0.25) is 10.1 Å². The second-order valence-electron chi connectivity index (χ2n) is 8.54. The number of ether oxygens (including phenoxy) is 2. The molecule has 2 aliphatic rings. The highest BCUT2D eigenvalue weighted by atomic mass is 32.2. The van der Waals surface area contributed by atoms with Crippen molar-refractivity contribution >= 4 is 28.7 Å². The Labute approximate surface area is 193 Å². The first kappa shape index (κ1) is 23.7. The highest BCUT2D eigenvalue weighted by molar-refractivity contribution is 7.94. The summed E-state index contributed by atoms with van der Waals surface area (Å²) in [6.07, 6.45) is -4.25. The normalized spacial score (nSPS) is 18.7. The third-order valence-electron chi connectivity index (χ3n) is 6.44. The number of aliphatic hydroxyl groups is 1. The van der Waals surface area contributed by atoms with Crippen molar-refractivity contribution in [1.29, 1.82) is 5.26 Å². The van der Waals surface area contributed by atoms with Crippen LogP contribution in [0.4, 0.5) is 18.9 Å². The molecule has 4 rings (SSSR count). The molecule has 0 bridgehead atoms. The van der Waals surface area contributed by atoms with Gasteiger partial charge in [0.15, 0.2) is 17.6 Å². The minimum absolute atomic E-state index is 0.0549. The molecule has 2 heterocycles. The molecule has 1 saturated heterocycles. The maximum Gasteiger partial charge on any atom is 0.415 e. The molecule has 2 aromatic rings. The molecular formula is C21H24F3N5O3S. The Bertz CT molecular complexity index is 1080. The molecule has 1 aliphatic heterocycles. The van der Waals surface area contributed by atoms with Crippen molar-refractivity contribution in [2.45, 2.75) is 31.2 Å². The van der Waals surface area contributed by atoms with Crippen LogP contribution in [-0.4, -0.2) is 66.6 Å². The Kier molecular flexibility index (Phi) is 6.26. The Morgan fingerprint density at radius 2 is 1.97 bits per heavy atom. The zero-order valence-electron chi connectivity index (χ0n) is 18.1. The first-order valence-electron chi connectivity index (χ1n) is 10.2. The van der Waals surface area contributed by atoms with E-state index in [9.17, 15) is 23.5 Å². The zero-order chi connectivity index (χ0) is 24.0. The van der Waals surface area contributed by atoms with Gasteiger partial charge in [0.05, 0.1) is 31.0 Å². The van der Waals surface area contributed by atoms with E-state index in [1.807, 2.05) is 0 Å². The van der Waals surface area contributed by atoms with Gasteiger partial charge in [0, 0.05) is 60.9 Å². The van der Waals surface area contributed by atoms with Gasteiger partial charge in [0.1, 0.15) is 6.07 Å². The molecule has 1 atom stereocenters. The van der Waals surface area contributed by atoms with E-state index in [2.05, 4.69) is 16.0 Å². The van der Waals surface area contributed by atoms with E-state index < -0.39 is 18.8 Å². The van der Waals surface area contributed by atoms with E-state index in [0.29, 0.717) is 48.5 Å². The van der Waals surface area contributed by atoms with E-state index in [1.54, 1.807) is 12.1 Å². The Morgan fingerprint density at radius 1 is 1.33 bits per heavy atom. The fourth-order valence-corrected chi connectivity index (χ4v) is 5.35. The number of benzene rings is 1. The fourth-order valence-electron chi connectivity index (χ4n) is 4.80. The molecule has 8 nitrogen and oxygen atoms in total. The molecule has 0 radical (unpaired) electrons. The third-order valence-corrected chi connectivity index (χ3v) is 7.16. The fraction of sp³-hybridized carbons (Fsp3) is 0.524. The van der Waals surface area contributed by atoms with Crippen LogP contribution >= 0.6 is 12.1 Å². The summed E-state index contributed by atoms with van der Waals surface area (Å²) >= 11 is 0.729. The number of nitriles is 1. The van der Waals surface area contributed by atoms with Crippen molar-refractivity contribution in [2.24, 2.45) is 10.6 Å².